The molecule has 9 heteroatoms. The highest BCUT2D eigenvalue weighted by Crippen LogP contribution is 2.26. The molecular weight excluding hydrogens is 360 g/mol. The van der Waals surface area contributed by atoms with Crippen molar-refractivity contribution in [3.63, 3.8) is 0 Å². The molecule has 0 radical (unpaired) electrons. The molecule has 3 N–H and O–H groups in total. The molecule has 0 unspecified atom stereocenters. The van der Waals surface area contributed by atoms with E-state index in [2.05, 4.69) is 15.2 Å². The first-order chi connectivity index (χ1) is 13.5. The average Bonchev–Trinajstić information content (AvgIpc) is 2.72. The molecule has 0 aliphatic carbocycles. The van der Waals surface area contributed by atoms with Gasteiger partial charge in [-0.2, -0.15) is 5.26 Å². The number of nitro groups is 1. The lowest BCUT2D eigenvalue weighted by Gasteiger charge is -2.32. The summed E-state index contributed by atoms with van der Waals surface area (Å²) in [6, 6.07) is 9.90. The number of hydrogen-bond donors (Lipinski definition) is 2. The highest BCUT2D eigenvalue weighted by Gasteiger charge is 2.25. The van der Waals surface area contributed by atoms with E-state index in [4.69, 9.17) is 5.73 Å². The van der Waals surface area contributed by atoms with Gasteiger partial charge in [-0.05, 0) is 25.0 Å². The van der Waals surface area contributed by atoms with Gasteiger partial charge < -0.3 is 16.0 Å². The number of hydrogen-bond acceptors (Lipinski definition) is 7. The van der Waals surface area contributed by atoms with Crippen molar-refractivity contribution in [1.82, 2.24) is 4.98 Å². The third-order valence-electron chi connectivity index (χ3n) is 4.87. The van der Waals surface area contributed by atoms with E-state index in [1.54, 1.807) is 6.20 Å². The third-order valence-corrected chi connectivity index (χ3v) is 4.87. The summed E-state index contributed by atoms with van der Waals surface area (Å²) in [6.45, 7) is 1.79. The minimum Gasteiger partial charge on any atom is -0.380 e. The fourth-order valence-corrected chi connectivity index (χ4v) is 3.31. The number of rotatable bonds is 6. The number of primary amides is 1. The van der Waals surface area contributed by atoms with E-state index in [-0.39, 0.29) is 23.1 Å². The molecule has 2 heterocycles. The Morgan fingerprint density at radius 2 is 2.14 bits per heavy atom. The van der Waals surface area contributed by atoms with Crippen LogP contribution in [0.2, 0.25) is 0 Å². The van der Waals surface area contributed by atoms with Crippen molar-refractivity contribution in [2.24, 2.45) is 11.7 Å². The van der Waals surface area contributed by atoms with Crippen molar-refractivity contribution < 1.29 is 9.72 Å². The van der Waals surface area contributed by atoms with E-state index in [0.29, 0.717) is 38.2 Å². The van der Waals surface area contributed by atoms with Gasteiger partial charge in [0, 0.05) is 49.4 Å². The van der Waals surface area contributed by atoms with Gasteiger partial charge in [0.25, 0.3) is 5.69 Å². The largest absolute Gasteiger partial charge is 0.380 e. The number of carbonyl (C=O) groups is 1. The minimum atomic E-state index is -0.528. The smallest absolute Gasteiger partial charge is 0.270 e. The minimum absolute atomic E-state index is 0.0974. The van der Waals surface area contributed by atoms with Crippen LogP contribution in [0.3, 0.4) is 0 Å². The number of nitrogens with two attached hydrogens (primary N) is 1. The van der Waals surface area contributed by atoms with Crippen molar-refractivity contribution >= 4 is 23.1 Å². The Labute approximate surface area is 161 Å². The Balaban J connectivity index is 1.74. The lowest BCUT2D eigenvalue weighted by Crippen LogP contribution is -2.39. The fourth-order valence-electron chi connectivity index (χ4n) is 3.31. The van der Waals surface area contributed by atoms with Gasteiger partial charge in [0.15, 0.2) is 0 Å². The van der Waals surface area contributed by atoms with Crippen molar-refractivity contribution in [3.8, 4) is 6.07 Å². The second kappa shape index (κ2) is 8.35. The maximum atomic E-state index is 11.4. The Kier molecular flexibility index (Phi) is 5.69. The number of carbonyl (C=O) groups excluding carboxylic acids is 1. The van der Waals surface area contributed by atoms with E-state index in [9.17, 15) is 20.2 Å². The number of nitriles is 1. The predicted octanol–water partition coefficient (Wildman–Crippen LogP) is 2.18. The molecule has 1 saturated heterocycles. The van der Waals surface area contributed by atoms with Crippen LogP contribution in [0.1, 0.15) is 24.0 Å². The molecule has 1 fully saturated rings. The number of anilines is 2. The van der Waals surface area contributed by atoms with Crippen LogP contribution >= 0.6 is 0 Å². The Morgan fingerprint density at radius 3 is 2.79 bits per heavy atom. The molecule has 144 valence electrons. The van der Waals surface area contributed by atoms with Gasteiger partial charge in [-0.15, -0.1) is 0 Å². The molecule has 28 heavy (non-hydrogen) atoms. The summed E-state index contributed by atoms with van der Waals surface area (Å²) in [4.78, 5) is 28.3. The SMILES string of the molecule is N#Cc1cc([N+](=O)[O-])ccc1NCc1cccnc1N1CCC(C(N)=O)CC1. The topological polar surface area (TPSA) is 138 Å². The number of aromatic nitrogens is 1. The van der Waals surface area contributed by atoms with E-state index in [0.717, 1.165) is 11.4 Å². The van der Waals surface area contributed by atoms with Crippen molar-refractivity contribution in [3.05, 3.63) is 57.8 Å². The number of non-ortho nitro benzene ring substituents is 1. The molecule has 2 aromatic rings. The summed E-state index contributed by atoms with van der Waals surface area (Å²) in [5, 5.41) is 23.3. The Hall–Kier alpha value is -3.67. The van der Waals surface area contributed by atoms with Gasteiger partial charge >= 0.3 is 0 Å². The van der Waals surface area contributed by atoms with Gasteiger partial charge in [0.2, 0.25) is 5.91 Å². The fraction of sp³-hybridized carbons (Fsp3) is 0.316. The highest BCUT2D eigenvalue weighted by atomic mass is 16.6. The monoisotopic (exact) mass is 380 g/mol. The van der Waals surface area contributed by atoms with Crippen LogP contribution in [0.5, 0.6) is 0 Å². The van der Waals surface area contributed by atoms with Crippen LogP contribution in [0.15, 0.2) is 36.5 Å². The van der Waals surface area contributed by atoms with Crippen molar-refractivity contribution in [1.29, 1.82) is 5.26 Å². The standard InChI is InChI=1S/C19H20N6O3/c20-11-15-10-16(25(27)28)3-4-17(15)23-12-14-2-1-7-22-19(14)24-8-5-13(6-9-24)18(21)26/h1-4,7,10,13,23H,5-6,8-9,12H2,(H2,21,26). The summed E-state index contributed by atoms with van der Waals surface area (Å²) in [5.74, 6) is 0.461. The maximum Gasteiger partial charge on any atom is 0.270 e. The first kappa shape index (κ1) is 19.1. The van der Waals surface area contributed by atoms with E-state index in [1.807, 2.05) is 18.2 Å². The summed E-state index contributed by atoms with van der Waals surface area (Å²) >= 11 is 0. The molecule has 0 spiro atoms. The summed E-state index contributed by atoms with van der Waals surface area (Å²) in [5.41, 5.74) is 6.94. The molecule has 1 aliphatic rings. The molecule has 0 saturated carbocycles. The zero-order valence-corrected chi connectivity index (χ0v) is 15.2. The number of benzene rings is 1. The molecule has 3 rings (SSSR count). The zero-order chi connectivity index (χ0) is 20.1. The van der Waals surface area contributed by atoms with E-state index >= 15 is 0 Å². The number of nitro benzene ring substituents is 1. The van der Waals surface area contributed by atoms with Crippen molar-refractivity contribution in [2.45, 2.75) is 19.4 Å². The molecular formula is C19H20N6O3. The van der Waals surface area contributed by atoms with Gasteiger partial charge in [0.05, 0.1) is 16.2 Å². The number of amides is 1. The van der Waals surface area contributed by atoms with Crippen LogP contribution in [0, 0.1) is 27.4 Å². The van der Waals surface area contributed by atoms with E-state index in [1.165, 1.54) is 18.2 Å². The zero-order valence-electron chi connectivity index (χ0n) is 15.2. The second-order valence-corrected chi connectivity index (χ2v) is 6.60. The van der Waals surface area contributed by atoms with Crippen LogP contribution in [-0.2, 0) is 11.3 Å². The van der Waals surface area contributed by atoms with Gasteiger partial charge in [-0.25, -0.2) is 4.98 Å². The summed E-state index contributed by atoms with van der Waals surface area (Å²) in [6.07, 6.45) is 3.10. The predicted molar refractivity (Wildman–Crippen MR) is 104 cm³/mol. The third kappa shape index (κ3) is 4.17. The Morgan fingerprint density at radius 1 is 1.39 bits per heavy atom. The normalized spacial score (nSPS) is 14.3. The van der Waals surface area contributed by atoms with Crippen LogP contribution in [0.4, 0.5) is 17.2 Å². The first-order valence-corrected chi connectivity index (χ1v) is 8.90. The number of nitrogens with zero attached hydrogens (tertiary/aromatic N) is 4. The number of nitrogens with one attached hydrogen (secondary N) is 1. The van der Waals surface area contributed by atoms with E-state index < -0.39 is 4.92 Å². The molecule has 0 atom stereocenters. The quantitative estimate of drug-likeness (QED) is 0.578. The lowest BCUT2D eigenvalue weighted by atomic mass is 9.96. The second-order valence-electron chi connectivity index (χ2n) is 6.60. The highest BCUT2D eigenvalue weighted by molar-refractivity contribution is 5.77. The Bertz CT molecular complexity index is 932. The molecule has 1 aromatic carbocycles. The van der Waals surface area contributed by atoms with Gasteiger partial charge in [0.1, 0.15) is 11.9 Å². The van der Waals surface area contributed by atoms with Gasteiger partial charge in [-0.1, -0.05) is 6.07 Å². The summed E-state index contributed by atoms with van der Waals surface area (Å²) in [7, 11) is 0. The number of pyridine rings is 1. The molecule has 1 amide bonds. The molecule has 1 aliphatic heterocycles. The number of piperidine rings is 1. The maximum absolute atomic E-state index is 11.4. The van der Waals surface area contributed by atoms with Crippen LogP contribution < -0.4 is 16.0 Å². The first-order valence-electron chi connectivity index (χ1n) is 8.90. The molecule has 9 nitrogen and oxygen atoms in total. The van der Waals surface area contributed by atoms with Crippen LogP contribution in [0.25, 0.3) is 0 Å². The molecule has 1 aromatic heterocycles. The van der Waals surface area contributed by atoms with Crippen LogP contribution in [-0.4, -0.2) is 28.9 Å². The average molecular weight is 380 g/mol. The molecule has 0 bridgehead atoms. The van der Waals surface area contributed by atoms with Gasteiger partial charge in [-0.3, -0.25) is 14.9 Å². The van der Waals surface area contributed by atoms with Crippen molar-refractivity contribution in [2.75, 3.05) is 23.3 Å². The lowest BCUT2D eigenvalue weighted by molar-refractivity contribution is -0.384. The summed E-state index contributed by atoms with van der Waals surface area (Å²) < 4.78 is 0.